The molecule has 0 fully saturated rings. The standard InChI is InChI=1S/C22H28N4O2/c1-14(2)19(28-5)11-10-15(3)22(27)21(16(4)23)26-20-13-24-12-18(25-20)17-8-6-7-9-17/h8,10-13,23,27H,1,6-7,9H2,2-5H3,(H,25,26)/b15-10+,19-11+,22-21+,23-16?. The van der Waals surface area contributed by atoms with Gasteiger partial charge in [-0.1, -0.05) is 18.7 Å². The van der Waals surface area contributed by atoms with Crippen LogP contribution in [0.3, 0.4) is 0 Å². The fourth-order valence-electron chi connectivity index (χ4n) is 2.80. The van der Waals surface area contributed by atoms with Crippen molar-refractivity contribution in [1.82, 2.24) is 9.97 Å². The van der Waals surface area contributed by atoms with Crippen LogP contribution >= 0.6 is 0 Å². The minimum atomic E-state index is -0.0341. The number of aliphatic hydroxyl groups is 1. The summed E-state index contributed by atoms with van der Waals surface area (Å²) >= 11 is 0. The van der Waals surface area contributed by atoms with Gasteiger partial charge < -0.3 is 20.6 Å². The van der Waals surface area contributed by atoms with Gasteiger partial charge in [0.1, 0.15) is 23.0 Å². The number of nitrogens with zero attached hydrogens (tertiary/aromatic N) is 2. The van der Waals surface area contributed by atoms with E-state index in [9.17, 15) is 5.11 Å². The van der Waals surface area contributed by atoms with E-state index in [1.54, 1.807) is 45.5 Å². The lowest BCUT2D eigenvalue weighted by molar-refractivity contribution is 0.301. The van der Waals surface area contributed by atoms with Crippen molar-refractivity contribution in [2.45, 2.75) is 40.0 Å². The van der Waals surface area contributed by atoms with Crippen molar-refractivity contribution in [3.63, 3.8) is 0 Å². The Hall–Kier alpha value is -3.15. The van der Waals surface area contributed by atoms with Crippen molar-refractivity contribution in [2.75, 3.05) is 12.4 Å². The Kier molecular flexibility index (Phi) is 7.32. The zero-order chi connectivity index (χ0) is 20.7. The number of rotatable bonds is 8. The predicted molar refractivity (Wildman–Crippen MR) is 114 cm³/mol. The number of anilines is 1. The van der Waals surface area contributed by atoms with E-state index in [0.717, 1.165) is 30.5 Å². The molecule has 0 saturated heterocycles. The summed E-state index contributed by atoms with van der Waals surface area (Å²) in [5, 5.41) is 21.8. The molecule has 2 rings (SSSR count). The van der Waals surface area contributed by atoms with E-state index in [1.165, 1.54) is 5.57 Å². The quantitative estimate of drug-likeness (QED) is 0.323. The number of aliphatic hydroxyl groups excluding tert-OH is 1. The zero-order valence-corrected chi connectivity index (χ0v) is 17.0. The van der Waals surface area contributed by atoms with Gasteiger partial charge in [-0.15, -0.1) is 0 Å². The van der Waals surface area contributed by atoms with Gasteiger partial charge in [0, 0.05) is 0 Å². The van der Waals surface area contributed by atoms with Crippen LogP contribution in [0.2, 0.25) is 0 Å². The van der Waals surface area contributed by atoms with Gasteiger partial charge in [-0.3, -0.25) is 4.98 Å². The Morgan fingerprint density at radius 2 is 2.04 bits per heavy atom. The van der Waals surface area contributed by atoms with Crippen LogP contribution in [-0.2, 0) is 4.74 Å². The second-order valence-electron chi connectivity index (χ2n) is 6.75. The molecule has 6 nitrogen and oxygen atoms in total. The number of ether oxygens (including phenoxy) is 1. The maximum atomic E-state index is 10.7. The minimum Gasteiger partial charge on any atom is -0.505 e. The fourth-order valence-corrected chi connectivity index (χ4v) is 2.80. The second-order valence-corrected chi connectivity index (χ2v) is 6.75. The molecule has 0 unspecified atom stereocenters. The molecule has 1 heterocycles. The van der Waals surface area contributed by atoms with Crippen molar-refractivity contribution >= 4 is 17.1 Å². The van der Waals surface area contributed by atoms with Crippen LogP contribution in [0.15, 0.2) is 65.6 Å². The van der Waals surface area contributed by atoms with Crippen LogP contribution in [0.5, 0.6) is 0 Å². The van der Waals surface area contributed by atoms with Crippen molar-refractivity contribution in [1.29, 1.82) is 5.41 Å². The lowest BCUT2D eigenvalue weighted by Gasteiger charge is -2.13. The Balaban J connectivity index is 2.32. The molecule has 0 spiro atoms. The Morgan fingerprint density at radius 3 is 2.61 bits per heavy atom. The van der Waals surface area contributed by atoms with E-state index in [2.05, 4.69) is 27.9 Å². The van der Waals surface area contributed by atoms with Crippen molar-refractivity contribution in [2.24, 2.45) is 0 Å². The van der Waals surface area contributed by atoms with Gasteiger partial charge in [-0.2, -0.15) is 0 Å². The molecule has 148 valence electrons. The third-order valence-corrected chi connectivity index (χ3v) is 4.37. The average molecular weight is 380 g/mol. The molecule has 1 aliphatic carbocycles. The molecule has 1 aromatic rings. The van der Waals surface area contributed by atoms with Gasteiger partial charge in [0.2, 0.25) is 0 Å². The number of aromatic nitrogens is 2. The van der Waals surface area contributed by atoms with Crippen LogP contribution in [0, 0.1) is 5.41 Å². The number of nitrogens with one attached hydrogen (secondary N) is 2. The summed E-state index contributed by atoms with van der Waals surface area (Å²) in [7, 11) is 1.57. The molecule has 28 heavy (non-hydrogen) atoms. The van der Waals surface area contributed by atoms with Crippen molar-refractivity contribution in [3.8, 4) is 0 Å². The third kappa shape index (κ3) is 5.42. The molecular weight excluding hydrogens is 352 g/mol. The summed E-state index contributed by atoms with van der Waals surface area (Å²) in [5.41, 5.74) is 3.84. The summed E-state index contributed by atoms with van der Waals surface area (Å²) in [4.78, 5) is 8.83. The molecule has 0 aromatic carbocycles. The minimum absolute atomic E-state index is 0.0341. The van der Waals surface area contributed by atoms with E-state index in [1.807, 2.05) is 6.92 Å². The first-order valence-electron chi connectivity index (χ1n) is 9.19. The molecule has 0 atom stereocenters. The largest absolute Gasteiger partial charge is 0.505 e. The Bertz CT molecular complexity index is 892. The number of hydrogen-bond acceptors (Lipinski definition) is 6. The molecule has 0 saturated carbocycles. The predicted octanol–water partition coefficient (Wildman–Crippen LogP) is 5.32. The monoisotopic (exact) mass is 380 g/mol. The number of allylic oxidation sites excluding steroid dienone is 7. The average Bonchev–Trinajstić information content (AvgIpc) is 3.20. The molecule has 1 aromatic heterocycles. The topological polar surface area (TPSA) is 91.1 Å². The smallest absolute Gasteiger partial charge is 0.149 e. The zero-order valence-electron chi connectivity index (χ0n) is 17.0. The maximum Gasteiger partial charge on any atom is 0.149 e. The Labute approximate surface area is 166 Å². The van der Waals surface area contributed by atoms with E-state index >= 15 is 0 Å². The lowest BCUT2D eigenvalue weighted by atomic mass is 10.1. The first kappa shape index (κ1) is 21.2. The maximum absolute atomic E-state index is 10.7. The van der Waals surface area contributed by atoms with Crippen LogP contribution in [-0.4, -0.2) is 27.9 Å². The van der Waals surface area contributed by atoms with Crippen molar-refractivity contribution < 1.29 is 9.84 Å². The van der Waals surface area contributed by atoms with Gasteiger partial charge in [0.05, 0.1) is 30.9 Å². The molecule has 0 bridgehead atoms. The molecular formula is C22H28N4O2. The SMILES string of the molecule is C=C(C)\C(=C/C=C(C)/C(O)=C(\Nc1cncc(C2=CCCC2)n1)C(C)=N)OC. The number of methoxy groups -OCH3 is 1. The van der Waals surface area contributed by atoms with Gasteiger partial charge in [-0.05, 0) is 62.8 Å². The Morgan fingerprint density at radius 1 is 1.29 bits per heavy atom. The van der Waals surface area contributed by atoms with Gasteiger partial charge in [0.25, 0.3) is 0 Å². The second kappa shape index (κ2) is 9.69. The summed E-state index contributed by atoms with van der Waals surface area (Å²) in [6.07, 6.45) is 12.1. The first-order chi connectivity index (χ1) is 13.3. The molecule has 0 aliphatic heterocycles. The molecule has 3 N–H and O–H groups in total. The summed E-state index contributed by atoms with van der Waals surface area (Å²) in [6, 6.07) is 0. The van der Waals surface area contributed by atoms with Gasteiger partial charge in [0.15, 0.2) is 0 Å². The first-order valence-corrected chi connectivity index (χ1v) is 9.19. The highest BCUT2D eigenvalue weighted by molar-refractivity contribution is 5.99. The summed E-state index contributed by atoms with van der Waals surface area (Å²) < 4.78 is 5.25. The van der Waals surface area contributed by atoms with Crippen LogP contribution in [0.1, 0.15) is 45.7 Å². The summed E-state index contributed by atoms with van der Waals surface area (Å²) in [5.74, 6) is 1.08. The van der Waals surface area contributed by atoms with Gasteiger partial charge >= 0.3 is 0 Å². The van der Waals surface area contributed by atoms with Crippen LogP contribution in [0.25, 0.3) is 5.57 Å². The highest BCUT2D eigenvalue weighted by Crippen LogP contribution is 2.26. The highest BCUT2D eigenvalue weighted by Gasteiger charge is 2.14. The van der Waals surface area contributed by atoms with E-state index in [0.29, 0.717) is 17.2 Å². The van der Waals surface area contributed by atoms with Crippen LogP contribution < -0.4 is 5.32 Å². The fraction of sp³-hybridized carbons (Fsp3) is 0.318. The van der Waals surface area contributed by atoms with Crippen molar-refractivity contribution in [3.05, 3.63) is 71.3 Å². The number of hydrogen-bond donors (Lipinski definition) is 3. The van der Waals surface area contributed by atoms with E-state index in [4.69, 9.17) is 10.1 Å². The molecule has 1 aliphatic rings. The van der Waals surface area contributed by atoms with E-state index < -0.39 is 0 Å². The molecule has 0 amide bonds. The molecule has 6 heteroatoms. The summed E-state index contributed by atoms with van der Waals surface area (Å²) in [6.45, 7) is 9.05. The third-order valence-electron chi connectivity index (χ3n) is 4.37. The molecule has 0 radical (unpaired) electrons. The lowest BCUT2D eigenvalue weighted by Crippen LogP contribution is -2.13. The van der Waals surface area contributed by atoms with Gasteiger partial charge in [-0.25, -0.2) is 4.98 Å². The normalized spacial score (nSPS) is 15.6. The highest BCUT2D eigenvalue weighted by atomic mass is 16.5. The van der Waals surface area contributed by atoms with Crippen LogP contribution in [0.4, 0.5) is 5.82 Å². The van der Waals surface area contributed by atoms with E-state index in [-0.39, 0.29) is 17.2 Å².